The molecule has 0 heterocycles. The molecule has 0 bridgehead atoms. The molecule has 0 saturated carbocycles. The van der Waals surface area contributed by atoms with E-state index >= 15 is 0 Å². The molecule has 1 N–H and O–H groups in total. The summed E-state index contributed by atoms with van der Waals surface area (Å²) in [4.78, 5) is 17.6. The molecule has 1 amide bonds. The molecule has 0 spiro atoms. The van der Waals surface area contributed by atoms with Gasteiger partial charge in [0.1, 0.15) is 6.61 Å². The van der Waals surface area contributed by atoms with Gasteiger partial charge >= 0.3 is 0 Å². The molecular formula is C25H26N2O4. The van der Waals surface area contributed by atoms with E-state index in [1.54, 1.807) is 20.1 Å². The Bertz CT molecular complexity index is 1030. The van der Waals surface area contributed by atoms with Crippen LogP contribution in [0.25, 0.3) is 0 Å². The fourth-order valence-electron chi connectivity index (χ4n) is 2.82. The first-order valence-corrected chi connectivity index (χ1v) is 9.96. The smallest absolute Gasteiger partial charge is 0.267 e. The minimum atomic E-state index is -0.743. The van der Waals surface area contributed by atoms with E-state index in [-0.39, 0.29) is 5.91 Å². The SMILES string of the molecule is COc1cc(/C=N/OC(C)C(=O)Nc2cccc(C)c2)ccc1OCc1ccccc1. The molecule has 6 heteroatoms. The zero-order chi connectivity index (χ0) is 22.1. The van der Waals surface area contributed by atoms with Crippen molar-refractivity contribution >= 4 is 17.8 Å². The lowest BCUT2D eigenvalue weighted by molar-refractivity contribution is -0.126. The molecule has 0 saturated heterocycles. The average molecular weight is 418 g/mol. The van der Waals surface area contributed by atoms with Crippen molar-refractivity contribution in [2.24, 2.45) is 5.16 Å². The Morgan fingerprint density at radius 1 is 1.03 bits per heavy atom. The number of benzene rings is 3. The summed E-state index contributed by atoms with van der Waals surface area (Å²) in [5.74, 6) is 0.949. The zero-order valence-corrected chi connectivity index (χ0v) is 17.9. The molecule has 0 aliphatic carbocycles. The normalized spacial score (nSPS) is 11.7. The molecule has 3 rings (SSSR count). The van der Waals surface area contributed by atoms with Crippen LogP contribution in [0.15, 0.2) is 78.0 Å². The fourth-order valence-corrected chi connectivity index (χ4v) is 2.82. The number of methoxy groups -OCH3 is 1. The highest BCUT2D eigenvalue weighted by molar-refractivity contribution is 5.94. The average Bonchev–Trinajstić information content (AvgIpc) is 2.78. The predicted molar refractivity (Wildman–Crippen MR) is 122 cm³/mol. The van der Waals surface area contributed by atoms with E-state index in [0.717, 1.165) is 22.4 Å². The predicted octanol–water partition coefficient (Wildman–Crippen LogP) is 4.96. The van der Waals surface area contributed by atoms with Gasteiger partial charge in [0, 0.05) is 11.3 Å². The summed E-state index contributed by atoms with van der Waals surface area (Å²) < 4.78 is 11.3. The number of carbonyl (C=O) groups excluding carboxylic acids is 1. The monoisotopic (exact) mass is 418 g/mol. The van der Waals surface area contributed by atoms with Gasteiger partial charge in [0.2, 0.25) is 6.10 Å². The van der Waals surface area contributed by atoms with Crippen LogP contribution in [-0.2, 0) is 16.2 Å². The lowest BCUT2D eigenvalue weighted by Gasteiger charge is -2.12. The second-order valence-electron chi connectivity index (χ2n) is 7.03. The minimum Gasteiger partial charge on any atom is -0.493 e. The summed E-state index contributed by atoms with van der Waals surface area (Å²) in [6.07, 6.45) is 0.784. The maximum Gasteiger partial charge on any atom is 0.267 e. The maximum atomic E-state index is 12.3. The topological polar surface area (TPSA) is 69.2 Å². The Labute approximate surface area is 182 Å². The van der Waals surface area contributed by atoms with Gasteiger partial charge in [-0.2, -0.15) is 0 Å². The van der Waals surface area contributed by atoms with Crippen molar-refractivity contribution in [1.29, 1.82) is 0 Å². The van der Waals surface area contributed by atoms with Crippen LogP contribution in [0.4, 0.5) is 5.69 Å². The molecule has 6 nitrogen and oxygen atoms in total. The number of aryl methyl sites for hydroxylation is 1. The molecule has 3 aromatic carbocycles. The summed E-state index contributed by atoms with van der Waals surface area (Å²) in [6, 6.07) is 22.9. The Balaban J connectivity index is 1.55. The van der Waals surface area contributed by atoms with Crippen molar-refractivity contribution in [1.82, 2.24) is 0 Å². The largest absolute Gasteiger partial charge is 0.493 e. The van der Waals surface area contributed by atoms with E-state index in [2.05, 4.69) is 10.5 Å². The maximum absolute atomic E-state index is 12.3. The molecule has 0 fully saturated rings. The number of ether oxygens (including phenoxy) is 2. The van der Waals surface area contributed by atoms with Crippen molar-refractivity contribution < 1.29 is 19.1 Å². The van der Waals surface area contributed by atoms with Gasteiger partial charge in [-0.05, 0) is 55.3 Å². The molecule has 1 unspecified atom stereocenters. The number of oxime groups is 1. The number of carbonyl (C=O) groups is 1. The summed E-state index contributed by atoms with van der Waals surface area (Å²) in [5, 5.41) is 6.75. The standard InChI is InChI=1S/C25H26N2O4/c1-18-8-7-11-22(14-18)27-25(28)19(2)31-26-16-21-12-13-23(24(15-21)29-3)30-17-20-9-5-4-6-10-20/h4-16,19H,17H2,1-3H3,(H,27,28)/b26-16+. The van der Waals surface area contributed by atoms with E-state index in [1.807, 2.05) is 73.7 Å². The van der Waals surface area contributed by atoms with Crippen LogP contribution in [0.1, 0.15) is 23.6 Å². The first-order chi connectivity index (χ1) is 15.0. The molecule has 0 aliphatic heterocycles. The number of nitrogens with zero attached hydrogens (tertiary/aromatic N) is 1. The van der Waals surface area contributed by atoms with Gasteiger partial charge < -0.3 is 19.6 Å². The summed E-state index contributed by atoms with van der Waals surface area (Å²) in [5.41, 5.74) is 3.62. The van der Waals surface area contributed by atoms with E-state index in [9.17, 15) is 4.79 Å². The van der Waals surface area contributed by atoms with Crippen molar-refractivity contribution in [3.05, 3.63) is 89.5 Å². The Hall–Kier alpha value is -3.80. The fraction of sp³-hybridized carbons (Fsp3) is 0.200. The van der Waals surface area contributed by atoms with Gasteiger partial charge in [-0.3, -0.25) is 4.79 Å². The molecular weight excluding hydrogens is 392 g/mol. The molecule has 3 aromatic rings. The van der Waals surface area contributed by atoms with Crippen molar-refractivity contribution in [2.75, 3.05) is 12.4 Å². The number of hydrogen-bond acceptors (Lipinski definition) is 5. The van der Waals surface area contributed by atoms with E-state index < -0.39 is 6.10 Å². The lowest BCUT2D eigenvalue weighted by atomic mass is 10.2. The minimum absolute atomic E-state index is 0.273. The van der Waals surface area contributed by atoms with Crippen molar-refractivity contribution in [3.8, 4) is 11.5 Å². The van der Waals surface area contributed by atoms with E-state index in [0.29, 0.717) is 18.1 Å². The van der Waals surface area contributed by atoms with Gasteiger partial charge in [0.25, 0.3) is 5.91 Å². The highest BCUT2D eigenvalue weighted by atomic mass is 16.6. The van der Waals surface area contributed by atoms with E-state index in [1.165, 1.54) is 6.21 Å². The van der Waals surface area contributed by atoms with Gasteiger partial charge in [-0.1, -0.05) is 47.6 Å². The Morgan fingerprint density at radius 2 is 1.84 bits per heavy atom. The van der Waals surface area contributed by atoms with Crippen LogP contribution in [-0.4, -0.2) is 25.3 Å². The zero-order valence-electron chi connectivity index (χ0n) is 17.9. The van der Waals surface area contributed by atoms with Crippen LogP contribution in [0, 0.1) is 6.92 Å². The Morgan fingerprint density at radius 3 is 2.58 bits per heavy atom. The number of hydrogen-bond donors (Lipinski definition) is 1. The van der Waals surface area contributed by atoms with Crippen molar-refractivity contribution in [2.45, 2.75) is 26.6 Å². The quantitative estimate of drug-likeness (QED) is 0.394. The molecule has 31 heavy (non-hydrogen) atoms. The van der Waals surface area contributed by atoms with Crippen LogP contribution < -0.4 is 14.8 Å². The molecule has 0 radical (unpaired) electrons. The highest BCUT2D eigenvalue weighted by Gasteiger charge is 2.14. The molecule has 0 aliphatic rings. The van der Waals surface area contributed by atoms with Gasteiger partial charge in [0.15, 0.2) is 11.5 Å². The van der Waals surface area contributed by atoms with E-state index in [4.69, 9.17) is 14.3 Å². The highest BCUT2D eigenvalue weighted by Crippen LogP contribution is 2.28. The van der Waals surface area contributed by atoms with Gasteiger partial charge in [0.05, 0.1) is 13.3 Å². The van der Waals surface area contributed by atoms with Crippen LogP contribution in [0.2, 0.25) is 0 Å². The second kappa shape index (κ2) is 10.8. The molecule has 160 valence electrons. The number of nitrogens with one attached hydrogen (secondary N) is 1. The molecule has 0 aromatic heterocycles. The third-order valence-electron chi connectivity index (χ3n) is 4.50. The van der Waals surface area contributed by atoms with Crippen LogP contribution in [0.3, 0.4) is 0 Å². The lowest BCUT2D eigenvalue weighted by Crippen LogP contribution is -2.26. The number of anilines is 1. The summed E-state index contributed by atoms with van der Waals surface area (Å²) >= 11 is 0. The number of amides is 1. The molecule has 1 atom stereocenters. The first-order valence-electron chi connectivity index (χ1n) is 9.96. The van der Waals surface area contributed by atoms with Crippen LogP contribution in [0.5, 0.6) is 11.5 Å². The second-order valence-corrected chi connectivity index (χ2v) is 7.03. The first kappa shape index (κ1) is 21.9. The summed E-state index contributed by atoms with van der Waals surface area (Å²) in [7, 11) is 1.58. The van der Waals surface area contributed by atoms with Gasteiger partial charge in [-0.25, -0.2) is 0 Å². The van der Waals surface area contributed by atoms with Gasteiger partial charge in [-0.15, -0.1) is 0 Å². The summed E-state index contributed by atoms with van der Waals surface area (Å²) in [6.45, 7) is 4.05. The van der Waals surface area contributed by atoms with Crippen LogP contribution >= 0.6 is 0 Å². The number of rotatable bonds is 9. The third-order valence-corrected chi connectivity index (χ3v) is 4.50. The third kappa shape index (κ3) is 6.60. The van der Waals surface area contributed by atoms with Crippen molar-refractivity contribution in [3.63, 3.8) is 0 Å². The Kier molecular flexibility index (Phi) is 7.65.